The Labute approximate surface area is 251 Å². The van der Waals surface area contributed by atoms with Crippen molar-refractivity contribution in [1.82, 2.24) is 0 Å². The lowest BCUT2D eigenvalue weighted by molar-refractivity contribution is 0.376. The van der Waals surface area contributed by atoms with Crippen molar-refractivity contribution in [2.75, 3.05) is 0 Å². The van der Waals surface area contributed by atoms with Crippen LogP contribution in [-0.2, 0) is 0 Å². The lowest BCUT2D eigenvalue weighted by atomic mass is 10.0. The largest absolute Gasteiger partial charge is 0.262 e. The van der Waals surface area contributed by atoms with E-state index in [0.29, 0.717) is 0 Å². The molecule has 0 saturated heterocycles. The standard InChI is InChI=1S/C29F13N5/c1-46-28(14-21(36)15(30)8(5-45)16(31)22(14)37)13-9(6(3-43)11-17(32)23(38)25(40)24(39)18(11)33)10(13)7(4-44)12-19(34)26(41)29(47-2)27(42)20(12)35. The molecular weight excluding hydrogens is 665 g/mol. The molecule has 18 heteroatoms. The highest BCUT2D eigenvalue weighted by Gasteiger charge is 2.46. The van der Waals surface area contributed by atoms with E-state index in [1.165, 1.54) is 0 Å². The summed E-state index contributed by atoms with van der Waals surface area (Å²) < 4.78 is 189. The van der Waals surface area contributed by atoms with E-state index in [-0.39, 0.29) is 0 Å². The van der Waals surface area contributed by atoms with Gasteiger partial charge in [0.1, 0.15) is 23.8 Å². The van der Waals surface area contributed by atoms with Gasteiger partial charge in [0.2, 0.25) is 11.5 Å². The molecule has 1 aliphatic rings. The van der Waals surface area contributed by atoms with Crippen molar-refractivity contribution in [1.29, 1.82) is 15.8 Å². The molecule has 0 atom stereocenters. The van der Waals surface area contributed by atoms with Crippen molar-refractivity contribution in [3.8, 4) is 18.2 Å². The van der Waals surface area contributed by atoms with Crippen molar-refractivity contribution in [3.63, 3.8) is 0 Å². The zero-order valence-electron chi connectivity index (χ0n) is 21.6. The number of nitriles is 3. The molecule has 0 amide bonds. The summed E-state index contributed by atoms with van der Waals surface area (Å²) in [4.78, 5) is 4.80. The maximum atomic E-state index is 15.0. The highest BCUT2D eigenvalue weighted by atomic mass is 19.2. The monoisotopic (exact) mass is 665 g/mol. The summed E-state index contributed by atoms with van der Waals surface area (Å²) >= 11 is 0. The Bertz CT molecular complexity index is 2130. The van der Waals surface area contributed by atoms with E-state index in [0.717, 1.165) is 18.2 Å². The van der Waals surface area contributed by atoms with Gasteiger partial charge >= 0.3 is 0 Å². The summed E-state index contributed by atoms with van der Waals surface area (Å²) in [5.41, 5.74) is -19.9. The third-order valence-corrected chi connectivity index (χ3v) is 6.43. The average molecular weight is 665 g/mol. The Morgan fingerprint density at radius 1 is 0.447 bits per heavy atom. The van der Waals surface area contributed by atoms with Gasteiger partial charge in [-0.15, -0.1) is 0 Å². The van der Waals surface area contributed by atoms with Crippen LogP contribution in [-0.4, -0.2) is 0 Å². The topological polar surface area (TPSA) is 80.1 Å². The summed E-state index contributed by atoms with van der Waals surface area (Å²) in [6.07, 6.45) is 0. The second-order valence-corrected chi connectivity index (χ2v) is 8.71. The van der Waals surface area contributed by atoms with Crippen LogP contribution in [0.15, 0.2) is 16.7 Å². The predicted octanol–water partition coefficient (Wildman–Crippen LogP) is 8.52. The Balaban J connectivity index is 2.37. The van der Waals surface area contributed by atoms with Gasteiger partial charge in [0.25, 0.3) is 5.69 Å². The van der Waals surface area contributed by atoms with E-state index in [2.05, 4.69) is 9.69 Å². The number of hydrogen-bond donors (Lipinski definition) is 0. The van der Waals surface area contributed by atoms with Crippen LogP contribution in [0.25, 0.3) is 26.5 Å². The molecule has 3 aromatic carbocycles. The van der Waals surface area contributed by atoms with Crippen molar-refractivity contribution >= 4 is 22.5 Å². The quantitative estimate of drug-likeness (QED) is 0.0926. The van der Waals surface area contributed by atoms with E-state index < -0.39 is 137 Å². The molecule has 0 aliphatic heterocycles. The molecule has 0 aromatic heterocycles. The fraction of sp³-hybridized carbons (Fsp3) is 0. The molecule has 3 aromatic rings. The van der Waals surface area contributed by atoms with E-state index in [9.17, 15) is 67.6 Å². The molecule has 0 N–H and O–H groups in total. The minimum Gasteiger partial charge on any atom is -0.237 e. The molecule has 4 rings (SSSR count). The fourth-order valence-electron chi connectivity index (χ4n) is 4.33. The third kappa shape index (κ3) is 4.61. The molecule has 1 fully saturated rings. The van der Waals surface area contributed by atoms with Gasteiger partial charge in [-0.2, -0.15) is 15.8 Å². The number of nitrogens with zero attached hydrogens (tertiary/aromatic N) is 5. The van der Waals surface area contributed by atoms with Gasteiger partial charge in [0, 0.05) is 0 Å². The number of benzene rings is 3. The van der Waals surface area contributed by atoms with Crippen LogP contribution in [0.4, 0.5) is 62.8 Å². The first-order valence-corrected chi connectivity index (χ1v) is 11.5. The maximum Gasteiger partial charge on any atom is 0.262 e. The lowest BCUT2D eigenvalue weighted by Gasteiger charge is -2.08. The molecule has 0 bridgehead atoms. The van der Waals surface area contributed by atoms with Crippen LogP contribution in [0.3, 0.4) is 0 Å². The number of rotatable bonds is 3. The van der Waals surface area contributed by atoms with Crippen LogP contribution in [0.2, 0.25) is 0 Å². The second kappa shape index (κ2) is 11.7. The highest BCUT2D eigenvalue weighted by Crippen LogP contribution is 2.58. The van der Waals surface area contributed by atoms with Crippen LogP contribution >= 0.6 is 0 Å². The zero-order valence-corrected chi connectivity index (χ0v) is 21.6. The Morgan fingerprint density at radius 2 is 0.787 bits per heavy atom. The number of allylic oxidation sites excluding steroid dienone is 5. The van der Waals surface area contributed by atoms with Gasteiger partial charge in [-0.25, -0.2) is 66.8 Å². The summed E-state index contributed by atoms with van der Waals surface area (Å²) in [6, 6.07) is 2.61. The molecule has 5 nitrogen and oxygen atoms in total. The van der Waals surface area contributed by atoms with Crippen LogP contribution < -0.4 is 0 Å². The lowest BCUT2D eigenvalue weighted by Crippen LogP contribution is -2.06. The second-order valence-electron chi connectivity index (χ2n) is 8.71. The summed E-state index contributed by atoms with van der Waals surface area (Å²) in [5, 5.41) is 28.3. The van der Waals surface area contributed by atoms with Gasteiger partial charge < -0.3 is 0 Å². The molecule has 0 unspecified atom stereocenters. The number of halogens is 13. The molecule has 1 saturated carbocycles. The minimum atomic E-state index is -2.78. The highest BCUT2D eigenvalue weighted by molar-refractivity contribution is 6.11. The van der Waals surface area contributed by atoms with Gasteiger partial charge in [-0.1, -0.05) is 0 Å². The van der Waals surface area contributed by atoms with E-state index >= 15 is 0 Å². The summed E-state index contributed by atoms with van der Waals surface area (Å²) in [7, 11) is 0. The molecule has 0 heterocycles. The Morgan fingerprint density at radius 3 is 1.11 bits per heavy atom. The molecule has 232 valence electrons. The average Bonchev–Trinajstić information content (AvgIpc) is 3.77. The van der Waals surface area contributed by atoms with Crippen molar-refractivity contribution in [2.45, 2.75) is 0 Å². The van der Waals surface area contributed by atoms with E-state index in [4.69, 9.17) is 18.4 Å². The van der Waals surface area contributed by atoms with Gasteiger partial charge in [0.15, 0.2) is 69.8 Å². The van der Waals surface area contributed by atoms with Crippen LogP contribution in [0.5, 0.6) is 0 Å². The number of hydrogen-bond acceptors (Lipinski definition) is 3. The smallest absolute Gasteiger partial charge is 0.237 e. The first-order chi connectivity index (χ1) is 22.1. The first-order valence-electron chi connectivity index (χ1n) is 11.5. The molecule has 47 heavy (non-hydrogen) atoms. The Kier molecular flexibility index (Phi) is 8.32. The van der Waals surface area contributed by atoms with Gasteiger partial charge in [-0.3, -0.25) is 0 Å². The van der Waals surface area contributed by atoms with Crippen LogP contribution in [0.1, 0.15) is 22.3 Å². The normalized spacial score (nSPS) is 15.1. The van der Waals surface area contributed by atoms with Crippen molar-refractivity contribution < 1.29 is 57.1 Å². The van der Waals surface area contributed by atoms with E-state index in [1.807, 2.05) is 0 Å². The fourth-order valence-corrected chi connectivity index (χ4v) is 4.33. The molecular formula is C29F13N5. The zero-order chi connectivity index (χ0) is 35.4. The van der Waals surface area contributed by atoms with Crippen molar-refractivity contribution in [2.24, 2.45) is 0 Å². The van der Waals surface area contributed by atoms with Crippen LogP contribution in [0, 0.1) is 123 Å². The molecule has 0 spiro atoms. The predicted molar refractivity (Wildman–Crippen MR) is 128 cm³/mol. The van der Waals surface area contributed by atoms with Gasteiger partial charge in [0.05, 0.1) is 41.0 Å². The van der Waals surface area contributed by atoms with Crippen molar-refractivity contribution in [3.05, 3.63) is 137 Å². The maximum absolute atomic E-state index is 15.0. The Hall–Kier alpha value is -6.58. The third-order valence-electron chi connectivity index (χ3n) is 6.43. The molecule has 0 radical (unpaired) electrons. The minimum absolute atomic E-state index is 0.761. The summed E-state index contributed by atoms with van der Waals surface area (Å²) in [6.45, 7) is 14.1. The molecule has 1 aliphatic carbocycles. The van der Waals surface area contributed by atoms with E-state index in [1.54, 1.807) is 0 Å². The summed E-state index contributed by atoms with van der Waals surface area (Å²) in [5.74, 6) is -33.6. The first kappa shape index (κ1) is 33.3. The van der Waals surface area contributed by atoms with Gasteiger partial charge in [-0.05, 0) is 16.7 Å². The SMILES string of the molecule is [C-]#[N+]C(=C1C(=C(C#N)c2c(F)c(F)c(F)c(F)c2F)C1=C(C#N)c1c(F)c(F)c([N+]#[C-])c(F)c1F)c1c(F)c(F)c(C#N)c(F)c1F.